The van der Waals surface area contributed by atoms with Crippen molar-refractivity contribution >= 4 is 0 Å². The number of epoxide rings is 1. The summed E-state index contributed by atoms with van der Waals surface area (Å²) < 4.78 is 5.41. The minimum Gasteiger partial charge on any atom is -0.390 e. The van der Waals surface area contributed by atoms with Crippen molar-refractivity contribution in [2.75, 3.05) is 6.61 Å². The van der Waals surface area contributed by atoms with Gasteiger partial charge in [0.2, 0.25) is 0 Å². The zero-order valence-electron chi connectivity index (χ0n) is 8.87. The fourth-order valence-electron chi connectivity index (χ4n) is 1.99. The molecule has 14 heavy (non-hydrogen) atoms. The lowest BCUT2D eigenvalue weighted by atomic mass is 9.90. The maximum absolute atomic E-state index is 9.66. The van der Waals surface area contributed by atoms with Crippen molar-refractivity contribution in [1.29, 1.82) is 0 Å². The Balaban J connectivity index is 2.42. The second-order valence-electron chi connectivity index (χ2n) is 4.17. The smallest absolute Gasteiger partial charge is 0.142 e. The Morgan fingerprint density at radius 2 is 2.07 bits per heavy atom. The van der Waals surface area contributed by atoms with E-state index in [1.54, 1.807) is 6.92 Å². The summed E-state index contributed by atoms with van der Waals surface area (Å²) in [5.41, 5.74) is 3.15. The first kappa shape index (κ1) is 9.69. The van der Waals surface area contributed by atoms with Gasteiger partial charge in [-0.15, -0.1) is 0 Å². The fraction of sp³-hybridized carbons (Fsp3) is 0.500. The minimum atomic E-state index is -0.441. The van der Waals surface area contributed by atoms with Gasteiger partial charge >= 0.3 is 0 Å². The summed E-state index contributed by atoms with van der Waals surface area (Å²) in [5.74, 6) is 0. The SMILES string of the molecule is Cc1ccc([C@]2([C@@H](C)O)CO2)c(C)c1. The molecular weight excluding hydrogens is 176 g/mol. The van der Waals surface area contributed by atoms with E-state index in [4.69, 9.17) is 4.74 Å². The first-order valence-corrected chi connectivity index (χ1v) is 4.96. The van der Waals surface area contributed by atoms with E-state index >= 15 is 0 Å². The normalized spacial score (nSPS) is 27.4. The molecule has 0 bridgehead atoms. The van der Waals surface area contributed by atoms with Crippen LogP contribution in [-0.4, -0.2) is 17.8 Å². The molecule has 0 aliphatic carbocycles. The number of hydrogen-bond acceptors (Lipinski definition) is 2. The van der Waals surface area contributed by atoms with Crippen LogP contribution in [0.1, 0.15) is 23.6 Å². The molecule has 0 aromatic heterocycles. The standard InChI is InChI=1S/C12H16O2/c1-8-4-5-11(9(2)6-8)12(7-14-12)10(3)13/h4-6,10,13H,7H2,1-3H3/t10-,12-/m1/s1. The lowest BCUT2D eigenvalue weighted by Gasteiger charge is -2.18. The highest BCUT2D eigenvalue weighted by Gasteiger charge is 2.51. The van der Waals surface area contributed by atoms with Gasteiger partial charge in [-0.3, -0.25) is 0 Å². The molecule has 76 valence electrons. The monoisotopic (exact) mass is 192 g/mol. The van der Waals surface area contributed by atoms with Crippen LogP contribution >= 0.6 is 0 Å². The van der Waals surface area contributed by atoms with Crippen LogP contribution in [0, 0.1) is 13.8 Å². The molecule has 1 saturated heterocycles. The highest BCUT2D eigenvalue weighted by molar-refractivity contribution is 5.38. The molecular formula is C12H16O2. The number of benzene rings is 1. The van der Waals surface area contributed by atoms with E-state index in [2.05, 4.69) is 32.0 Å². The van der Waals surface area contributed by atoms with Crippen molar-refractivity contribution in [2.45, 2.75) is 32.5 Å². The van der Waals surface area contributed by atoms with Gasteiger partial charge in [0.1, 0.15) is 5.60 Å². The summed E-state index contributed by atoms with van der Waals surface area (Å²) in [6, 6.07) is 6.25. The molecule has 0 spiro atoms. The number of hydrogen-bond donors (Lipinski definition) is 1. The third-order valence-corrected chi connectivity index (χ3v) is 2.97. The van der Waals surface area contributed by atoms with E-state index in [9.17, 15) is 5.11 Å². The van der Waals surface area contributed by atoms with E-state index in [1.807, 2.05) is 0 Å². The van der Waals surface area contributed by atoms with E-state index in [1.165, 1.54) is 11.1 Å². The van der Waals surface area contributed by atoms with Crippen LogP contribution in [0.25, 0.3) is 0 Å². The molecule has 1 aliphatic rings. The summed E-state index contributed by atoms with van der Waals surface area (Å²) in [6.45, 7) is 6.55. The molecule has 2 nitrogen and oxygen atoms in total. The molecule has 1 aromatic carbocycles. The van der Waals surface area contributed by atoms with Crippen LogP contribution in [0.4, 0.5) is 0 Å². The average Bonchev–Trinajstić information content (AvgIpc) is 2.84. The summed E-state index contributed by atoms with van der Waals surface area (Å²) in [6.07, 6.45) is -0.441. The van der Waals surface area contributed by atoms with Crippen molar-refractivity contribution in [3.8, 4) is 0 Å². The second-order valence-corrected chi connectivity index (χ2v) is 4.17. The van der Waals surface area contributed by atoms with Crippen LogP contribution in [-0.2, 0) is 10.3 Å². The van der Waals surface area contributed by atoms with Crippen molar-refractivity contribution in [3.63, 3.8) is 0 Å². The van der Waals surface area contributed by atoms with Crippen LogP contribution in [0.5, 0.6) is 0 Å². The first-order valence-electron chi connectivity index (χ1n) is 4.96. The van der Waals surface area contributed by atoms with E-state index in [-0.39, 0.29) is 0 Å². The Morgan fingerprint density at radius 1 is 1.43 bits per heavy atom. The maximum atomic E-state index is 9.66. The Morgan fingerprint density at radius 3 is 2.50 bits per heavy atom. The molecule has 2 heteroatoms. The number of aliphatic hydroxyl groups is 1. The topological polar surface area (TPSA) is 32.8 Å². The number of aliphatic hydroxyl groups excluding tert-OH is 1. The van der Waals surface area contributed by atoms with Gasteiger partial charge in [-0.25, -0.2) is 0 Å². The molecule has 1 fully saturated rings. The summed E-state index contributed by atoms with van der Waals surface area (Å²) in [5, 5.41) is 9.66. The molecule has 1 N–H and O–H groups in total. The lowest BCUT2D eigenvalue weighted by molar-refractivity contribution is 0.0883. The molecule has 1 aromatic rings. The van der Waals surface area contributed by atoms with Crippen molar-refractivity contribution in [3.05, 3.63) is 34.9 Å². The largest absolute Gasteiger partial charge is 0.390 e. The van der Waals surface area contributed by atoms with Gasteiger partial charge in [0.15, 0.2) is 0 Å². The molecule has 1 heterocycles. The Kier molecular flexibility index (Phi) is 2.13. The highest BCUT2D eigenvalue weighted by atomic mass is 16.6. The number of rotatable bonds is 2. The molecule has 0 unspecified atom stereocenters. The van der Waals surface area contributed by atoms with Gasteiger partial charge in [0.05, 0.1) is 12.7 Å². The third-order valence-electron chi connectivity index (χ3n) is 2.97. The fourth-order valence-corrected chi connectivity index (χ4v) is 1.99. The van der Waals surface area contributed by atoms with Gasteiger partial charge in [0.25, 0.3) is 0 Å². The van der Waals surface area contributed by atoms with Crippen molar-refractivity contribution in [1.82, 2.24) is 0 Å². The number of ether oxygens (including phenoxy) is 1. The molecule has 0 radical (unpaired) electrons. The molecule has 2 rings (SSSR count). The summed E-state index contributed by atoms with van der Waals surface area (Å²) in [7, 11) is 0. The van der Waals surface area contributed by atoms with E-state index in [0.717, 1.165) is 5.56 Å². The van der Waals surface area contributed by atoms with E-state index < -0.39 is 11.7 Å². The predicted octanol–water partition coefficient (Wildman–Crippen LogP) is 1.91. The minimum absolute atomic E-state index is 0.419. The van der Waals surface area contributed by atoms with Crippen LogP contribution in [0.2, 0.25) is 0 Å². The third kappa shape index (κ3) is 1.35. The quantitative estimate of drug-likeness (QED) is 0.726. The Bertz CT molecular complexity index is 351. The van der Waals surface area contributed by atoms with Gasteiger partial charge in [-0.2, -0.15) is 0 Å². The van der Waals surface area contributed by atoms with Crippen LogP contribution in [0.15, 0.2) is 18.2 Å². The molecule has 0 amide bonds. The number of aryl methyl sites for hydroxylation is 2. The van der Waals surface area contributed by atoms with Gasteiger partial charge in [-0.05, 0) is 31.9 Å². The Labute approximate surface area is 84.5 Å². The summed E-state index contributed by atoms with van der Waals surface area (Å²) in [4.78, 5) is 0. The average molecular weight is 192 g/mol. The second kappa shape index (κ2) is 3.07. The Hall–Kier alpha value is -0.860. The first-order chi connectivity index (χ1) is 6.56. The van der Waals surface area contributed by atoms with Gasteiger partial charge < -0.3 is 9.84 Å². The highest BCUT2D eigenvalue weighted by Crippen LogP contribution is 2.43. The zero-order chi connectivity index (χ0) is 10.3. The maximum Gasteiger partial charge on any atom is 0.142 e. The molecule has 2 atom stereocenters. The zero-order valence-corrected chi connectivity index (χ0v) is 8.87. The van der Waals surface area contributed by atoms with Gasteiger partial charge in [0, 0.05) is 0 Å². The molecule has 0 saturated carbocycles. The summed E-state index contributed by atoms with van der Waals surface area (Å²) >= 11 is 0. The van der Waals surface area contributed by atoms with Crippen LogP contribution in [0.3, 0.4) is 0 Å². The van der Waals surface area contributed by atoms with Crippen molar-refractivity contribution < 1.29 is 9.84 Å². The van der Waals surface area contributed by atoms with Gasteiger partial charge in [-0.1, -0.05) is 23.8 Å². The lowest BCUT2D eigenvalue weighted by Crippen LogP contribution is -2.25. The predicted molar refractivity (Wildman–Crippen MR) is 55.2 cm³/mol. The van der Waals surface area contributed by atoms with Crippen molar-refractivity contribution in [2.24, 2.45) is 0 Å². The van der Waals surface area contributed by atoms with Crippen LogP contribution < -0.4 is 0 Å². The molecule has 1 aliphatic heterocycles. The van der Waals surface area contributed by atoms with E-state index in [0.29, 0.717) is 6.61 Å².